The average molecular weight is 339 g/mol. The van der Waals surface area contributed by atoms with E-state index in [1.165, 1.54) is 25.3 Å². The Labute approximate surface area is 128 Å². The van der Waals surface area contributed by atoms with Gasteiger partial charge in [0.1, 0.15) is 0 Å². The standard InChI is InChI=1S/C14H14F5NO3/c1-22-6-7-2-3-8(10-5-13(10,15)16)9(4-7)11(20)23-12(21)14(17,18)19/h2-4,10-11H,5-6,20H2,1H3. The molecule has 0 amide bonds. The maximum atomic E-state index is 13.3. The van der Waals surface area contributed by atoms with Gasteiger partial charge in [-0.1, -0.05) is 12.1 Å². The van der Waals surface area contributed by atoms with Crippen LogP contribution in [0, 0.1) is 0 Å². The molecule has 1 aliphatic rings. The molecule has 0 radical (unpaired) electrons. The molecule has 0 saturated heterocycles. The van der Waals surface area contributed by atoms with Gasteiger partial charge in [-0.3, -0.25) is 5.73 Å². The lowest BCUT2D eigenvalue weighted by atomic mass is 9.99. The molecule has 2 atom stereocenters. The van der Waals surface area contributed by atoms with Crippen molar-refractivity contribution in [2.75, 3.05) is 7.11 Å². The molecule has 23 heavy (non-hydrogen) atoms. The number of nitrogens with two attached hydrogens (primary N) is 1. The zero-order valence-corrected chi connectivity index (χ0v) is 12.0. The molecule has 0 aromatic heterocycles. The predicted octanol–water partition coefficient (Wildman–Crippen LogP) is 3.02. The second-order valence-corrected chi connectivity index (χ2v) is 5.24. The first kappa shape index (κ1) is 17.6. The molecule has 1 aromatic rings. The van der Waals surface area contributed by atoms with Gasteiger partial charge in [0.15, 0.2) is 6.23 Å². The zero-order chi connectivity index (χ0) is 17.4. The van der Waals surface area contributed by atoms with Crippen LogP contribution in [-0.2, 0) is 20.9 Å². The van der Waals surface area contributed by atoms with Crippen molar-refractivity contribution in [3.05, 3.63) is 34.9 Å². The largest absolute Gasteiger partial charge is 0.490 e. The Morgan fingerprint density at radius 2 is 2.04 bits per heavy atom. The van der Waals surface area contributed by atoms with Gasteiger partial charge in [0, 0.05) is 19.1 Å². The lowest BCUT2D eigenvalue weighted by molar-refractivity contribution is -0.205. The summed E-state index contributed by atoms with van der Waals surface area (Å²) in [7, 11) is 1.40. The van der Waals surface area contributed by atoms with Gasteiger partial charge in [0.05, 0.1) is 12.5 Å². The van der Waals surface area contributed by atoms with E-state index in [0.29, 0.717) is 5.56 Å². The number of hydrogen-bond donors (Lipinski definition) is 1. The van der Waals surface area contributed by atoms with Crippen molar-refractivity contribution in [3.8, 4) is 0 Å². The molecule has 0 aliphatic heterocycles. The first-order valence-electron chi connectivity index (χ1n) is 6.59. The van der Waals surface area contributed by atoms with Crippen molar-refractivity contribution in [1.29, 1.82) is 0 Å². The molecule has 0 heterocycles. The summed E-state index contributed by atoms with van der Waals surface area (Å²) >= 11 is 0. The lowest BCUT2D eigenvalue weighted by Crippen LogP contribution is -2.30. The normalized spacial score (nSPS) is 20.9. The highest BCUT2D eigenvalue weighted by Gasteiger charge is 2.58. The van der Waals surface area contributed by atoms with Crippen molar-refractivity contribution >= 4 is 5.97 Å². The second kappa shape index (κ2) is 6.04. The van der Waals surface area contributed by atoms with E-state index < -0.39 is 36.6 Å². The van der Waals surface area contributed by atoms with E-state index in [4.69, 9.17) is 10.5 Å². The van der Waals surface area contributed by atoms with Crippen LogP contribution in [0.3, 0.4) is 0 Å². The van der Waals surface area contributed by atoms with Gasteiger partial charge >= 0.3 is 12.1 Å². The van der Waals surface area contributed by atoms with Crippen LogP contribution in [0.4, 0.5) is 22.0 Å². The number of alkyl halides is 5. The van der Waals surface area contributed by atoms with Crippen molar-refractivity contribution in [2.24, 2.45) is 5.73 Å². The summed E-state index contributed by atoms with van der Waals surface area (Å²) in [6, 6.07) is 4.16. The molecule has 0 bridgehead atoms. The van der Waals surface area contributed by atoms with Crippen LogP contribution in [0.15, 0.2) is 18.2 Å². The fraction of sp³-hybridized carbons (Fsp3) is 0.500. The maximum Gasteiger partial charge on any atom is 0.490 e. The molecular weight excluding hydrogens is 325 g/mol. The number of halogens is 5. The van der Waals surface area contributed by atoms with Crippen LogP contribution in [-0.4, -0.2) is 25.2 Å². The summed E-state index contributed by atoms with van der Waals surface area (Å²) < 4.78 is 72.3. The summed E-state index contributed by atoms with van der Waals surface area (Å²) in [5.41, 5.74) is 5.97. The topological polar surface area (TPSA) is 61.6 Å². The first-order valence-corrected chi connectivity index (χ1v) is 6.59. The highest BCUT2D eigenvalue weighted by Crippen LogP contribution is 2.57. The van der Waals surface area contributed by atoms with E-state index in [1.807, 2.05) is 0 Å². The minimum absolute atomic E-state index is 0.0670. The number of benzene rings is 1. The van der Waals surface area contributed by atoms with Crippen LogP contribution in [0.1, 0.15) is 35.3 Å². The van der Waals surface area contributed by atoms with Gasteiger partial charge in [-0.05, 0) is 17.2 Å². The van der Waals surface area contributed by atoms with Crippen LogP contribution in [0.25, 0.3) is 0 Å². The van der Waals surface area contributed by atoms with Gasteiger partial charge in [-0.25, -0.2) is 13.6 Å². The van der Waals surface area contributed by atoms with Gasteiger partial charge in [0.2, 0.25) is 0 Å². The predicted molar refractivity (Wildman–Crippen MR) is 68.5 cm³/mol. The molecule has 1 aliphatic carbocycles. The molecule has 1 fully saturated rings. The molecule has 2 rings (SSSR count). The van der Waals surface area contributed by atoms with E-state index in [0.717, 1.165) is 0 Å². The first-order chi connectivity index (χ1) is 10.6. The third-order valence-corrected chi connectivity index (χ3v) is 3.44. The quantitative estimate of drug-likeness (QED) is 0.509. The van der Waals surface area contributed by atoms with Crippen molar-refractivity contribution in [2.45, 2.75) is 37.3 Å². The Balaban J connectivity index is 2.30. The number of ether oxygens (including phenoxy) is 2. The minimum atomic E-state index is -5.22. The number of rotatable bonds is 5. The number of carbonyl (C=O) groups excluding carboxylic acids is 1. The zero-order valence-electron chi connectivity index (χ0n) is 12.0. The summed E-state index contributed by atoms with van der Waals surface area (Å²) in [6.45, 7) is 0.105. The van der Waals surface area contributed by atoms with Gasteiger partial charge in [-0.2, -0.15) is 13.2 Å². The molecule has 2 unspecified atom stereocenters. The minimum Gasteiger partial charge on any atom is -0.436 e. The molecule has 2 N–H and O–H groups in total. The SMILES string of the molecule is COCc1ccc(C2CC2(F)F)c(C(N)OC(=O)C(F)(F)F)c1. The van der Waals surface area contributed by atoms with Crippen LogP contribution < -0.4 is 5.73 Å². The Hall–Kier alpha value is -1.74. The number of esters is 1. The Bertz CT molecular complexity index is 603. The highest BCUT2D eigenvalue weighted by atomic mass is 19.4. The molecule has 9 heteroatoms. The van der Waals surface area contributed by atoms with Crippen molar-refractivity contribution < 1.29 is 36.2 Å². The number of carbonyl (C=O) groups is 1. The van der Waals surface area contributed by atoms with E-state index >= 15 is 0 Å². The van der Waals surface area contributed by atoms with Crippen molar-refractivity contribution in [1.82, 2.24) is 0 Å². The third-order valence-electron chi connectivity index (χ3n) is 3.44. The van der Waals surface area contributed by atoms with Gasteiger partial charge < -0.3 is 9.47 Å². The number of hydrogen-bond acceptors (Lipinski definition) is 4. The average Bonchev–Trinajstić information content (AvgIpc) is 3.06. The lowest BCUT2D eigenvalue weighted by Gasteiger charge is -2.19. The van der Waals surface area contributed by atoms with E-state index in [-0.39, 0.29) is 17.7 Å². The molecule has 1 aromatic carbocycles. The highest BCUT2D eigenvalue weighted by molar-refractivity contribution is 5.75. The van der Waals surface area contributed by atoms with Crippen LogP contribution >= 0.6 is 0 Å². The molecule has 128 valence electrons. The Morgan fingerprint density at radius 3 is 2.52 bits per heavy atom. The van der Waals surface area contributed by atoms with Crippen LogP contribution in [0.5, 0.6) is 0 Å². The fourth-order valence-electron chi connectivity index (χ4n) is 2.24. The fourth-order valence-corrected chi connectivity index (χ4v) is 2.24. The van der Waals surface area contributed by atoms with Gasteiger partial charge in [0.25, 0.3) is 5.92 Å². The number of methoxy groups -OCH3 is 1. The Kier molecular flexibility index (Phi) is 4.63. The molecule has 0 spiro atoms. The molecular formula is C14H14F5NO3. The van der Waals surface area contributed by atoms with Crippen molar-refractivity contribution in [3.63, 3.8) is 0 Å². The summed E-state index contributed by atoms with van der Waals surface area (Å²) in [6.07, 6.45) is -7.44. The monoisotopic (exact) mass is 339 g/mol. The van der Waals surface area contributed by atoms with E-state index in [9.17, 15) is 26.7 Å². The summed E-state index contributed by atoms with van der Waals surface area (Å²) in [5.74, 6) is -6.56. The summed E-state index contributed by atoms with van der Waals surface area (Å²) in [5, 5.41) is 0. The van der Waals surface area contributed by atoms with E-state index in [1.54, 1.807) is 0 Å². The second-order valence-electron chi connectivity index (χ2n) is 5.24. The van der Waals surface area contributed by atoms with E-state index in [2.05, 4.69) is 4.74 Å². The van der Waals surface area contributed by atoms with Crippen LogP contribution in [0.2, 0.25) is 0 Å². The smallest absolute Gasteiger partial charge is 0.436 e. The third kappa shape index (κ3) is 3.97. The summed E-state index contributed by atoms with van der Waals surface area (Å²) in [4.78, 5) is 10.9. The van der Waals surface area contributed by atoms with Gasteiger partial charge in [-0.15, -0.1) is 0 Å². The Morgan fingerprint density at radius 1 is 1.43 bits per heavy atom. The molecule has 1 saturated carbocycles. The molecule has 4 nitrogen and oxygen atoms in total. The maximum absolute atomic E-state index is 13.3.